The molecule has 20 heavy (non-hydrogen) atoms. The molecule has 0 aliphatic carbocycles. The predicted octanol–water partition coefficient (Wildman–Crippen LogP) is 1.85. The number of hydrogen-bond donors (Lipinski definition) is 0. The van der Waals surface area contributed by atoms with Gasteiger partial charge in [-0.25, -0.2) is 4.79 Å². The predicted molar refractivity (Wildman–Crippen MR) is 78.3 cm³/mol. The van der Waals surface area contributed by atoms with Crippen LogP contribution >= 0.6 is 11.8 Å². The molecule has 5 nitrogen and oxygen atoms in total. The van der Waals surface area contributed by atoms with Crippen LogP contribution in [0, 0.1) is 5.92 Å². The Morgan fingerprint density at radius 2 is 2.10 bits per heavy atom. The van der Waals surface area contributed by atoms with Crippen LogP contribution < -0.4 is 0 Å². The molecular formula is C14H23NO4S. The van der Waals surface area contributed by atoms with Gasteiger partial charge in [-0.1, -0.05) is 24.6 Å². The Balaban J connectivity index is 2.77. The second-order valence-corrected chi connectivity index (χ2v) is 6.28. The van der Waals surface area contributed by atoms with Crippen LogP contribution in [0.2, 0.25) is 0 Å². The lowest BCUT2D eigenvalue weighted by Gasteiger charge is -2.32. The van der Waals surface area contributed by atoms with Crippen molar-refractivity contribution in [1.82, 2.24) is 4.90 Å². The number of ether oxygens (including phenoxy) is 1. The fraction of sp³-hybridized carbons (Fsp3) is 0.786. The Hall–Kier alpha value is -1.04. The zero-order chi connectivity index (χ0) is 15.1. The minimum atomic E-state index is -0.560. The normalized spacial score (nSPS) is 21.9. The Bertz CT molecular complexity index is 372. The molecule has 0 aromatic carbocycles. The zero-order valence-corrected chi connectivity index (χ0v) is 13.2. The van der Waals surface area contributed by atoms with Crippen molar-refractivity contribution < 1.29 is 19.1 Å². The van der Waals surface area contributed by atoms with E-state index in [2.05, 4.69) is 0 Å². The van der Waals surface area contributed by atoms with Crippen LogP contribution in [-0.4, -0.2) is 47.3 Å². The summed E-state index contributed by atoms with van der Waals surface area (Å²) in [6.07, 6.45) is 3.72. The number of amides is 1. The Morgan fingerprint density at radius 1 is 1.40 bits per heavy atom. The summed E-state index contributed by atoms with van der Waals surface area (Å²) in [5.74, 6) is -0.108. The van der Waals surface area contributed by atoms with E-state index in [1.54, 1.807) is 11.8 Å². The highest BCUT2D eigenvalue weighted by atomic mass is 32.2. The molecule has 0 N–H and O–H groups in total. The highest BCUT2D eigenvalue weighted by Crippen LogP contribution is 2.23. The number of carbonyl (C=O) groups excluding carboxylic acids is 3. The molecule has 1 aliphatic heterocycles. The van der Waals surface area contributed by atoms with Gasteiger partial charge in [-0.15, -0.1) is 0 Å². The first kappa shape index (κ1) is 17.0. The lowest BCUT2D eigenvalue weighted by molar-refractivity contribution is -0.153. The summed E-state index contributed by atoms with van der Waals surface area (Å²) in [5.41, 5.74) is 0. The van der Waals surface area contributed by atoms with Gasteiger partial charge in [0.05, 0.1) is 7.11 Å². The molecule has 1 saturated heterocycles. The van der Waals surface area contributed by atoms with E-state index in [0.717, 1.165) is 25.7 Å². The number of hydrogen-bond acceptors (Lipinski definition) is 5. The van der Waals surface area contributed by atoms with Gasteiger partial charge >= 0.3 is 5.97 Å². The van der Waals surface area contributed by atoms with Gasteiger partial charge in [0.15, 0.2) is 5.12 Å². The van der Waals surface area contributed by atoms with E-state index < -0.39 is 12.0 Å². The number of esters is 1. The SMILES string of the molecule is COC(=O)C(C)N1CCCCCC(CSC(C)=O)C1=O. The van der Waals surface area contributed by atoms with Crippen LogP contribution in [-0.2, 0) is 19.1 Å². The monoisotopic (exact) mass is 301 g/mol. The molecule has 0 aromatic heterocycles. The van der Waals surface area contributed by atoms with Gasteiger partial charge in [0.25, 0.3) is 0 Å². The molecule has 1 heterocycles. The Labute approximate surface area is 124 Å². The molecule has 2 unspecified atom stereocenters. The van der Waals surface area contributed by atoms with E-state index >= 15 is 0 Å². The van der Waals surface area contributed by atoms with Crippen molar-refractivity contribution in [3.8, 4) is 0 Å². The second-order valence-electron chi connectivity index (χ2n) is 5.08. The molecule has 1 aliphatic rings. The van der Waals surface area contributed by atoms with Gasteiger partial charge in [-0.05, 0) is 19.8 Å². The first-order valence-corrected chi connectivity index (χ1v) is 7.97. The molecule has 2 atom stereocenters. The van der Waals surface area contributed by atoms with Crippen LogP contribution in [0.1, 0.15) is 39.5 Å². The highest BCUT2D eigenvalue weighted by Gasteiger charge is 2.32. The lowest BCUT2D eigenvalue weighted by Crippen LogP contribution is -2.48. The molecule has 1 amide bonds. The molecule has 0 aromatic rings. The second kappa shape index (κ2) is 8.29. The Kier molecular flexibility index (Phi) is 7.05. The van der Waals surface area contributed by atoms with Gasteiger partial charge in [-0.2, -0.15) is 0 Å². The molecule has 0 bridgehead atoms. The summed E-state index contributed by atoms with van der Waals surface area (Å²) < 4.78 is 4.73. The van der Waals surface area contributed by atoms with Gasteiger partial charge in [-0.3, -0.25) is 9.59 Å². The number of nitrogens with zero attached hydrogens (tertiary/aromatic N) is 1. The maximum absolute atomic E-state index is 12.6. The maximum Gasteiger partial charge on any atom is 0.328 e. The van der Waals surface area contributed by atoms with Gasteiger partial charge in [0, 0.05) is 25.1 Å². The van der Waals surface area contributed by atoms with Gasteiger partial charge in [0.2, 0.25) is 5.91 Å². The quantitative estimate of drug-likeness (QED) is 0.741. The van der Waals surface area contributed by atoms with Crippen molar-refractivity contribution in [1.29, 1.82) is 0 Å². The fourth-order valence-corrected chi connectivity index (χ4v) is 3.12. The van der Waals surface area contributed by atoms with E-state index in [-0.39, 0.29) is 16.9 Å². The summed E-state index contributed by atoms with van der Waals surface area (Å²) >= 11 is 1.18. The fourth-order valence-electron chi connectivity index (χ4n) is 2.37. The van der Waals surface area contributed by atoms with Crippen molar-refractivity contribution >= 4 is 28.8 Å². The highest BCUT2D eigenvalue weighted by molar-refractivity contribution is 8.13. The number of carbonyl (C=O) groups is 3. The average molecular weight is 301 g/mol. The topological polar surface area (TPSA) is 63.7 Å². The summed E-state index contributed by atoms with van der Waals surface area (Å²) in [7, 11) is 1.33. The van der Waals surface area contributed by atoms with E-state index in [0.29, 0.717) is 12.3 Å². The van der Waals surface area contributed by atoms with Crippen molar-refractivity contribution in [2.45, 2.75) is 45.6 Å². The molecule has 114 valence electrons. The number of thioether (sulfide) groups is 1. The minimum Gasteiger partial charge on any atom is -0.467 e. The largest absolute Gasteiger partial charge is 0.467 e. The zero-order valence-electron chi connectivity index (χ0n) is 12.4. The standard InChI is InChI=1S/C14H23NO4S/c1-10(14(18)19-3)15-8-6-4-5-7-12(13(15)17)9-20-11(2)16/h10,12H,4-9H2,1-3H3. The summed E-state index contributed by atoms with van der Waals surface area (Å²) in [6.45, 7) is 3.78. The molecule has 6 heteroatoms. The number of rotatable bonds is 4. The van der Waals surface area contributed by atoms with E-state index in [1.165, 1.54) is 25.8 Å². The summed E-state index contributed by atoms with van der Waals surface area (Å²) in [4.78, 5) is 36.9. The minimum absolute atomic E-state index is 0.0208. The van der Waals surface area contributed by atoms with Gasteiger partial charge < -0.3 is 9.64 Å². The van der Waals surface area contributed by atoms with Crippen LogP contribution in [0.5, 0.6) is 0 Å². The van der Waals surface area contributed by atoms with Crippen molar-refractivity contribution in [2.75, 3.05) is 19.4 Å². The molecule has 1 rings (SSSR count). The van der Waals surface area contributed by atoms with Crippen LogP contribution in [0.25, 0.3) is 0 Å². The van der Waals surface area contributed by atoms with Crippen molar-refractivity contribution in [3.63, 3.8) is 0 Å². The molecule has 0 spiro atoms. The third-order valence-corrected chi connectivity index (χ3v) is 4.56. The third kappa shape index (κ3) is 4.81. The molecule has 0 saturated carbocycles. The van der Waals surface area contributed by atoms with Gasteiger partial charge in [0.1, 0.15) is 6.04 Å². The lowest BCUT2D eigenvalue weighted by atomic mass is 9.97. The van der Waals surface area contributed by atoms with Crippen molar-refractivity contribution in [3.05, 3.63) is 0 Å². The van der Waals surface area contributed by atoms with Crippen LogP contribution in [0.3, 0.4) is 0 Å². The van der Waals surface area contributed by atoms with Crippen molar-refractivity contribution in [2.24, 2.45) is 5.92 Å². The maximum atomic E-state index is 12.6. The van der Waals surface area contributed by atoms with E-state index in [9.17, 15) is 14.4 Å². The summed E-state index contributed by atoms with van der Waals surface area (Å²) in [6, 6.07) is -0.560. The number of methoxy groups -OCH3 is 1. The summed E-state index contributed by atoms with van der Waals surface area (Å²) in [5, 5.41) is 0.0208. The smallest absolute Gasteiger partial charge is 0.328 e. The first-order valence-electron chi connectivity index (χ1n) is 6.99. The molecule has 0 radical (unpaired) electrons. The molecule has 1 fully saturated rings. The first-order chi connectivity index (χ1) is 9.47. The van der Waals surface area contributed by atoms with E-state index in [1.807, 2.05) is 0 Å². The number of likely N-dealkylation sites (tertiary alicyclic amines) is 1. The molecular weight excluding hydrogens is 278 g/mol. The third-order valence-electron chi connectivity index (χ3n) is 3.58. The average Bonchev–Trinajstić information content (AvgIpc) is 2.41. The van der Waals surface area contributed by atoms with Crippen LogP contribution in [0.4, 0.5) is 0 Å². The Morgan fingerprint density at radius 3 is 2.70 bits per heavy atom. The van der Waals surface area contributed by atoms with E-state index in [4.69, 9.17) is 4.74 Å². The van der Waals surface area contributed by atoms with Crippen LogP contribution in [0.15, 0.2) is 0 Å².